The van der Waals surface area contributed by atoms with E-state index in [-0.39, 0.29) is 16.5 Å². The van der Waals surface area contributed by atoms with Gasteiger partial charge in [0.2, 0.25) is 0 Å². The topological polar surface area (TPSA) is 47.3 Å². The van der Waals surface area contributed by atoms with Crippen LogP contribution >= 0.6 is 23.2 Å². The third-order valence-electron chi connectivity index (χ3n) is 4.15. The number of anilines is 1. The van der Waals surface area contributed by atoms with E-state index in [1.54, 1.807) is 23.1 Å². The van der Waals surface area contributed by atoms with Gasteiger partial charge in [0.05, 0.1) is 16.8 Å². The summed E-state index contributed by atoms with van der Waals surface area (Å²) in [5.74, 6) is -0.977. The molecule has 0 bridgehead atoms. The van der Waals surface area contributed by atoms with E-state index in [4.69, 9.17) is 23.2 Å². The summed E-state index contributed by atoms with van der Waals surface area (Å²) in [6.07, 6.45) is 0. The predicted octanol–water partition coefficient (Wildman–Crippen LogP) is 3.97. The van der Waals surface area contributed by atoms with E-state index in [0.29, 0.717) is 36.8 Å². The maximum atomic E-state index is 13.9. The van der Waals surface area contributed by atoms with Crippen molar-refractivity contribution in [3.63, 3.8) is 0 Å². The number of benzene rings is 2. The Kier molecular flexibility index (Phi) is 5.12. The van der Waals surface area contributed by atoms with Gasteiger partial charge in [-0.1, -0.05) is 23.2 Å². The normalized spacial score (nSPS) is 14.3. The van der Waals surface area contributed by atoms with Crippen molar-refractivity contribution in [1.82, 2.24) is 4.90 Å². The Bertz CT molecular complexity index is 858. The van der Waals surface area contributed by atoms with Gasteiger partial charge in [-0.2, -0.15) is 5.26 Å². The Morgan fingerprint density at radius 1 is 1.04 bits per heavy atom. The van der Waals surface area contributed by atoms with Crippen LogP contribution in [0, 0.1) is 17.1 Å². The number of nitriles is 1. The first kappa shape index (κ1) is 17.5. The second-order valence-corrected chi connectivity index (χ2v) is 6.55. The lowest BCUT2D eigenvalue weighted by molar-refractivity contribution is 0.0742. The molecule has 0 spiro atoms. The van der Waals surface area contributed by atoms with Gasteiger partial charge in [0.15, 0.2) is 0 Å². The molecular formula is C18H14Cl2FN3O. The third-order valence-corrected chi connectivity index (χ3v) is 4.62. The van der Waals surface area contributed by atoms with Crippen LogP contribution in [0.5, 0.6) is 0 Å². The van der Waals surface area contributed by atoms with E-state index in [0.717, 1.165) is 11.8 Å². The Morgan fingerprint density at radius 3 is 2.32 bits per heavy atom. The zero-order valence-electron chi connectivity index (χ0n) is 13.2. The van der Waals surface area contributed by atoms with Crippen LogP contribution in [-0.2, 0) is 0 Å². The first-order valence-electron chi connectivity index (χ1n) is 7.68. The van der Waals surface area contributed by atoms with Gasteiger partial charge in [0.1, 0.15) is 11.9 Å². The second-order valence-electron chi connectivity index (χ2n) is 5.68. The molecule has 25 heavy (non-hydrogen) atoms. The number of hydrogen-bond donors (Lipinski definition) is 0. The van der Waals surface area contributed by atoms with Gasteiger partial charge in [0.25, 0.3) is 5.91 Å². The smallest absolute Gasteiger partial charge is 0.256 e. The van der Waals surface area contributed by atoms with Crippen LogP contribution in [0.15, 0.2) is 36.4 Å². The van der Waals surface area contributed by atoms with Gasteiger partial charge in [-0.25, -0.2) is 4.39 Å². The highest BCUT2D eigenvalue weighted by Gasteiger charge is 2.25. The summed E-state index contributed by atoms with van der Waals surface area (Å²) in [4.78, 5) is 16.1. The minimum atomic E-state index is -0.621. The van der Waals surface area contributed by atoms with E-state index >= 15 is 0 Å². The highest BCUT2D eigenvalue weighted by molar-refractivity contribution is 6.31. The molecule has 0 N–H and O–H groups in total. The van der Waals surface area contributed by atoms with Gasteiger partial charge >= 0.3 is 0 Å². The lowest BCUT2D eigenvalue weighted by Gasteiger charge is -2.36. The molecular weight excluding hydrogens is 364 g/mol. The fraction of sp³-hybridized carbons (Fsp3) is 0.222. The molecule has 0 atom stereocenters. The van der Waals surface area contributed by atoms with E-state index in [2.05, 4.69) is 6.07 Å². The lowest BCUT2D eigenvalue weighted by atomic mass is 10.1. The van der Waals surface area contributed by atoms with Gasteiger partial charge in [0, 0.05) is 36.2 Å². The average molecular weight is 378 g/mol. The van der Waals surface area contributed by atoms with E-state index in [1.165, 1.54) is 12.1 Å². The van der Waals surface area contributed by atoms with Crippen molar-refractivity contribution < 1.29 is 9.18 Å². The third kappa shape index (κ3) is 3.71. The molecule has 3 rings (SSSR count). The molecule has 2 aromatic rings. The molecule has 1 heterocycles. The van der Waals surface area contributed by atoms with Crippen LogP contribution in [0.4, 0.5) is 10.1 Å². The van der Waals surface area contributed by atoms with Crippen molar-refractivity contribution in [2.24, 2.45) is 0 Å². The van der Waals surface area contributed by atoms with Crippen LogP contribution in [0.25, 0.3) is 0 Å². The number of amides is 1. The molecule has 2 aromatic carbocycles. The maximum Gasteiger partial charge on any atom is 0.256 e. The van der Waals surface area contributed by atoms with Crippen molar-refractivity contribution in [2.45, 2.75) is 0 Å². The molecule has 128 valence electrons. The molecule has 1 fully saturated rings. The molecule has 4 nitrogen and oxygen atoms in total. The first-order valence-corrected chi connectivity index (χ1v) is 8.44. The number of carbonyl (C=O) groups is 1. The number of halogens is 3. The molecule has 0 unspecified atom stereocenters. The number of carbonyl (C=O) groups excluding carboxylic acids is 1. The minimum Gasteiger partial charge on any atom is -0.367 e. The summed E-state index contributed by atoms with van der Waals surface area (Å²) in [6.45, 7) is 1.98. The second kappa shape index (κ2) is 7.30. The fourth-order valence-corrected chi connectivity index (χ4v) is 3.19. The largest absolute Gasteiger partial charge is 0.367 e. The summed E-state index contributed by atoms with van der Waals surface area (Å²) in [5.41, 5.74) is 1.30. The Morgan fingerprint density at radius 2 is 1.68 bits per heavy atom. The number of piperazine rings is 1. The molecule has 1 saturated heterocycles. The Balaban J connectivity index is 1.72. The van der Waals surface area contributed by atoms with Crippen molar-refractivity contribution in [2.75, 3.05) is 31.1 Å². The predicted molar refractivity (Wildman–Crippen MR) is 95.7 cm³/mol. The molecule has 0 saturated carbocycles. The number of hydrogen-bond acceptors (Lipinski definition) is 3. The van der Waals surface area contributed by atoms with Crippen LogP contribution < -0.4 is 4.90 Å². The van der Waals surface area contributed by atoms with Crippen molar-refractivity contribution in [3.05, 3.63) is 63.4 Å². The summed E-state index contributed by atoms with van der Waals surface area (Å²) in [5, 5.41) is 10.0. The summed E-state index contributed by atoms with van der Waals surface area (Å²) in [6, 6.07) is 11.3. The van der Waals surface area contributed by atoms with Crippen LogP contribution in [0.1, 0.15) is 15.9 Å². The quantitative estimate of drug-likeness (QED) is 0.795. The monoisotopic (exact) mass is 377 g/mol. The van der Waals surface area contributed by atoms with Crippen molar-refractivity contribution >= 4 is 34.8 Å². The lowest BCUT2D eigenvalue weighted by Crippen LogP contribution is -2.49. The number of rotatable bonds is 2. The van der Waals surface area contributed by atoms with E-state index < -0.39 is 5.82 Å². The molecule has 1 aliphatic rings. The van der Waals surface area contributed by atoms with Gasteiger partial charge in [-0.3, -0.25) is 4.79 Å². The van der Waals surface area contributed by atoms with Crippen LogP contribution in [0.2, 0.25) is 10.0 Å². The van der Waals surface area contributed by atoms with Gasteiger partial charge in [-0.05, 0) is 36.4 Å². The van der Waals surface area contributed by atoms with Gasteiger partial charge < -0.3 is 9.80 Å². The first-order chi connectivity index (χ1) is 12.0. The number of nitrogens with zero attached hydrogens (tertiary/aromatic N) is 3. The van der Waals surface area contributed by atoms with E-state index in [1.807, 2.05) is 4.90 Å². The highest BCUT2D eigenvalue weighted by Crippen LogP contribution is 2.25. The standard InChI is InChI=1S/C18H14Cl2FN3O/c19-13-2-4-17(12(9-13)11-22)23-5-7-24(8-6-23)18(25)15-3-1-14(20)10-16(15)21/h1-4,9-10H,5-8H2. The highest BCUT2D eigenvalue weighted by atomic mass is 35.5. The molecule has 1 amide bonds. The molecule has 0 radical (unpaired) electrons. The molecule has 0 aromatic heterocycles. The molecule has 0 aliphatic carbocycles. The zero-order chi connectivity index (χ0) is 18.0. The average Bonchev–Trinajstić information content (AvgIpc) is 2.61. The minimum absolute atomic E-state index is 0.0158. The maximum absolute atomic E-state index is 13.9. The molecule has 7 heteroatoms. The summed E-state index contributed by atoms with van der Waals surface area (Å²) in [7, 11) is 0. The molecule has 1 aliphatic heterocycles. The van der Waals surface area contributed by atoms with Crippen LogP contribution in [-0.4, -0.2) is 37.0 Å². The van der Waals surface area contributed by atoms with Crippen molar-refractivity contribution in [3.8, 4) is 6.07 Å². The summed E-state index contributed by atoms with van der Waals surface area (Å²) < 4.78 is 13.9. The summed E-state index contributed by atoms with van der Waals surface area (Å²) >= 11 is 11.7. The Hall–Kier alpha value is -2.29. The SMILES string of the molecule is N#Cc1cc(Cl)ccc1N1CCN(C(=O)c2ccc(Cl)cc2F)CC1. The van der Waals surface area contributed by atoms with Crippen molar-refractivity contribution in [1.29, 1.82) is 5.26 Å². The van der Waals surface area contributed by atoms with Gasteiger partial charge in [-0.15, -0.1) is 0 Å². The van der Waals surface area contributed by atoms with E-state index in [9.17, 15) is 14.4 Å². The van der Waals surface area contributed by atoms with Crippen LogP contribution in [0.3, 0.4) is 0 Å². The Labute approximate surface area is 155 Å². The zero-order valence-corrected chi connectivity index (χ0v) is 14.7. The fourth-order valence-electron chi connectivity index (χ4n) is 2.86.